The van der Waals surface area contributed by atoms with Crippen LogP contribution < -0.4 is 10.1 Å². The van der Waals surface area contributed by atoms with Crippen LogP contribution in [0.5, 0.6) is 5.75 Å². The number of carbonyl (C=O) groups excluding carboxylic acids is 2. The minimum absolute atomic E-state index is 0.000196. The van der Waals surface area contributed by atoms with Crippen molar-refractivity contribution >= 4 is 11.7 Å². The zero-order valence-corrected chi connectivity index (χ0v) is 23.5. The van der Waals surface area contributed by atoms with Crippen molar-refractivity contribution in [2.45, 2.75) is 88.6 Å². The van der Waals surface area contributed by atoms with Gasteiger partial charge in [0.15, 0.2) is 0 Å². The van der Waals surface area contributed by atoms with Gasteiger partial charge in [-0.05, 0) is 55.4 Å². The number of nitrogens with zero attached hydrogens (tertiary/aromatic N) is 1. The molecule has 2 aromatic rings. The average molecular weight is 575 g/mol. The van der Waals surface area contributed by atoms with Crippen molar-refractivity contribution in [2.75, 3.05) is 19.6 Å². The van der Waals surface area contributed by atoms with Crippen LogP contribution in [-0.2, 0) is 16.2 Å². The van der Waals surface area contributed by atoms with Crippen LogP contribution in [0.4, 0.5) is 13.2 Å². The number of halogens is 3. The Morgan fingerprint density at radius 3 is 2.34 bits per heavy atom. The third-order valence-corrected chi connectivity index (χ3v) is 8.12. The number of rotatable bonds is 14. The first kappa shape index (κ1) is 31.0. The number of carbonyl (C=O) groups is 2. The van der Waals surface area contributed by atoms with E-state index in [1.807, 2.05) is 35.2 Å². The van der Waals surface area contributed by atoms with Crippen molar-refractivity contribution in [1.82, 2.24) is 10.2 Å². The Hall–Kier alpha value is -2.91. The summed E-state index contributed by atoms with van der Waals surface area (Å²) < 4.78 is 46.4. The van der Waals surface area contributed by atoms with E-state index in [9.17, 15) is 27.9 Å². The quantitative estimate of drug-likeness (QED) is 0.280. The van der Waals surface area contributed by atoms with Gasteiger partial charge in [0.1, 0.15) is 30.4 Å². The van der Waals surface area contributed by atoms with E-state index in [1.165, 1.54) is 0 Å². The minimum Gasteiger partial charge on any atom is -0.489 e. The van der Waals surface area contributed by atoms with Crippen molar-refractivity contribution in [2.24, 2.45) is 5.92 Å². The predicted octanol–water partition coefficient (Wildman–Crippen LogP) is 5.78. The number of alkyl halides is 3. The zero-order valence-electron chi connectivity index (χ0n) is 23.5. The van der Waals surface area contributed by atoms with E-state index in [0.717, 1.165) is 5.56 Å². The lowest BCUT2D eigenvalue weighted by molar-refractivity contribution is -0.127. The second-order valence-electron chi connectivity index (χ2n) is 11.4. The van der Waals surface area contributed by atoms with Crippen LogP contribution >= 0.6 is 0 Å². The van der Waals surface area contributed by atoms with E-state index in [1.54, 1.807) is 24.3 Å². The van der Waals surface area contributed by atoms with Crippen LogP contribution in [0.3, 0.4) is 0 Å². The Labute approximate surface area is 240 Å². The van der Waals surface area contributed by atoms with Crippen molar-refractivity contribution in [1.29, 1.82) is 0 Å². The number of ether oxygens (including phenoxy) is 1. The van der Waals surface area contributed by atoms with Gasteiger partial charge in [0.2, 0.25) is 11.8 Å². The van der Waals surface area contributed by atoms with Gasteiger partial charge in [-0.1, -0.05) is 42.5 Å². The standard InChI is InChI=1S/C32H41F3N2O4/c33-26-16-19-37(20-26)21-28(31(40)25-10-12-27(13-11-25)41-22-23-6-2-1-3-7-23)36-30(39)9-5-4-8-29(38)24-14-17-32(34,35)18-15-24/h1-3,6-7,10-13,24,26,28,31,40H,4-5,8-9,14-22H2,(H,36,39)/t26-,28-,31-/m1/s1. The van der Waals surface area contributed by atoms with Gasteiger partial charge in [0, 0.05) is 51.2 Å². The molecule has 1 saturated carbocycles. The number of hydrogen-bond donors (Lipinski definition) is 2. The van der Waals surface area contributed by atoms with Crippen molar-refractivity contribution in [3.63, 3.8) is 0 Å². The second-order valence-corrected chi connectivity index (χ2v) is 11.4. The van der Waals surface area contributed by atoms with E-state index >= 15 is 0 Å². The number of ketones is 1. The monoisotopic (exact) mass is 574 g/mol. The highest BCUT2D eigenvalue weighted by molar-refractivity contribution is 5.81. The number of amides is 1. The molecule has 1 saturated heterocycles. The van der Waals surface area contributed by atoms with Crippen LogP contribution in [0.2, 0.25) is 0 Å². The topological polar surface area (TPSA) is 78.9 Å². The molecule has 2 aromatic carbocycles. The predicted molar refractivity (Wildman–Crippen MR) is 150 cm³/mol. The maximum Gasteiger partial charge on any atom is 0.248 e. The fourth-order valence-corrected chi connectivity index (χ4v) is 5.62. The van der Waals surface area contributed by atoms with Crippen molar-refractivity contribution in [3.05, 3.63) is 65.7 Å². The minimum atomic E-state index is -2.66. The highest BCUT2D eigenvalue weighted by atomic mass is 19.3. The molecule has 6 nitrogen and oxygen atoms in total. The van der Waals surface area contributed by atoms with Crippen molar-refractivity contribution in [3.8, 4) is 5.75 Å². The lowest BCUT2D eigenvalue weighted by atomic mass is 9.83. The molecule has 0 radical (unpaired) electrons. The van der Waals surface area contributed by atoms with E-state index in [0.29, 0.717) is 50.3 Å². The number of aliphatic hydroxyl groups excluding tert-OH is 1. The van der Waals surface area contributed by atoms with Crippen molar-refractivity contribution < 1.29 is 32.6 Å². The molecule has 1 amide bonds. The number of benzene rings is 2. The Balaban J connectivity index is 1.26. The molecule has 41 heavy (non-hydrogen) atoms. The zero-order chi connectivity index (χ0) is 29.2. The van der Waals surface area contributed by atoms with Gasteiger partial charge >= 0.3 is 0 Å². The van der Waals surface area contributed by atoms with Crippen LogP contribution in [0, 0.1) is 5.92 Å². The van der Waals surface area contributed by atoms with E-state index < -0.39 is 24.2 Å². The molecule has 224 valence electrons. The summed E-state index contributed by atoms with van der Waals surface area (Å²) in [6.45, 7) is 1.55. The first-order valence-corrected chi connectivity index (χ1v) is 14.7. The number of likely N-dealkylation sites (tertiary alicyclic amines) is 1. The Morgan fingerprint density at radius 1 is 1.00 bits per heavy atom. The molecule has 2 aliphatic rings. The summed E-state index contributed by atoms with van der Waals surface area (Å²) in [7, 11) is 0. The van der Waals surface area contributed by atoms with E-state index in [-0.39, 0.29) is 62.7 Å². The van der Waals surface area contributed by atoms with Gasteiger partial charge in [-0.25, -0.2) is 13.2 Å². The third kappa shape index (κ3) is 9.85. The Kier molecular flexibility index (Phi) is 11.2. The summed E-state index contributed by atoms with van der Waals surface area (Å²) in [6, 6.07) is 16.2. The van der Waals surface area contributed by atoms with E-state index in [4.69, 9.17) is 4.74 Å². The molecule has 1 aliphatic carbocycles. The fourth-order valence-electron chi connectivity index (χ4n) is 5.62. The normalized spacial score (nSPS) is 20.8. The second kappa shape index (κ2) is 14.8. The third-order valence-electron chi connectivity index (χ3n) is 8.12. The molecule has 2 fully saturated rings. The highest BCUT2D eigenvalue weighted by Crippen LogP contribution is 2.37. The maximum absolute atomic E-state index is 13.8. The number of hydrogen-bond acceptors (Lipinski definition) is 5. The average Bonchev–Trinajstić information content (AvgIpc) is 3.38. The molecule has 3 atom stereocenters. The molecule has 2 N–H and O–H groups in total. The van der Waals surface area contributed by atoms with Crippen LogP contribution in [0.15, 0.2) is 54.6 Å². The largest absolute Gasteiger partial charge is 0.489 e. The highest BCUT2D eigenvalue weighted by Gasteiger charge is 2.37. The van der Waals surface area contributed by atoms with E-state index in [2.05, 4.69) is 5.32 Å². The molecule has 4 rings (SSSR count). The SMILES string of the molecule is O=C(CCCCC(=O)C1CCC(F)(F)CC1)N[C@H](CN1CC[C@@H](F)C1)[C@H](O)c1ccc(OCc2ccccc2)cc1. The summed E-state index contributed by atoms with van der Waals surface area (Å²) in [5.74, 6) is -2.56. The lowest BCUT2D eigenvalue weighted by Crippen LogP contribution is -2.46. The lowest BCUT2D eigenvalue weighted by Gasteiger charge is -2.29. The first-order chi connectivity index (χ1) is 19.7. The van der Waals surface area contributed by atoms with Gasteiger partial charge in [-0.3, -0.25) is 14.5 Å². The molecule has 0 unspecified atom stereocenters. The number of Topliss-reactive ketones (excluding diaryl/α,β-unsaturated/α-hetero) is 1. The van der Waals surface area contributed by atoms with Gasteiger partial charge in [-0.15, -0.1) is 0 Å². The summed E-state index contributed by atoms with van der Waals surface area (Å²) >= 11 is 0. The smallest absolute Gasteiger partial charge is 0.248 e. The number of aliphatic hydroxyl groups is 1. The van der Waals surface area contributed by atoms with Crippen LogP contribution in [0.25, 0.3) is 0 Å². The summed E-state index contributed by atoms with van der Waals surface area (Å²) in [4.78, 5) is 27.1. The summed E-state index contributed by atoms with van der Waals surface area (Å²) in [5.41, 5.74) is 1.65. The number of nitrogens with one attached hydrogen (secondary N) is 1. The van der Waals surface area contributed by atoms with Gasteiger partial charge in [-0.2, -0.15) is 0 Å². The molecule has 0 spiro atoms. The molecular weight excluding hydrogens is 533 g/mol. The molecule has 9 heteroatoms. The first-order valence-electron chi connectivity index (χ1n) is 14.7. The Morgan fingerprint density at radius 2 is 1.68 bits per heavy atom. The fraction of sp³-hybridized carbons (Fsp3) is 0.562. The van der Waals surface area contributed by atoms with Gasteiger partial charge in [0.25, 0.3) is 0 Å². The van der Waals surface area contributed by atoms with Gasteiger partial charge in [0.05, 0.1) is 6.04 Å². The Bertz CT molecular complexity index is 1110. The molecule has 1 heterocycles. The molecule has 1 aliphatic heterocycles. The van der Waals surface area contributed by atoms with Crippen LogP contribution in [-0.4, -0.2) is 59.5 Å². The maximum atomic E-state index is 13.8. The summed E-state index contributed by atoms with van der Waals surface area (Å²) in [5, 5.41) is 14.1. The molecular formula is C32H41F3N2O4. The van der Waals surface area contributed by atoms with Crippen LogP contribution in [0.1, 0.15) is 75.0 Å². The molecule has 0 aromatic heterocycles. The number of unbranched alkanes of at least 4 members (excludes halogenated alkanes) is 1. The van der Waals surface area contributed by atoms with Gasteiger partial charge < -0.3 is 15.2 Å². The summed E-state index contributed by atoms with van der Waals surface area (Å²) in [6.07, 6.45) is -0.0831. The molecule has 0 bridgehead atoms.